The molecule has 0 bridgehead atoms. The number of nitrogen functional groups attached to an aromatic ring is 2. The van der Waals surface area contributed by atoms with Gasteiger partial charge in [0.1, 0.15) is 55.2 Å². The van der Waals surface area contributed by atoms with Crippen molar-refractivity contribution in [2.75, 3.05) is 44.5 Å². The van der Waals surface area contributed by atoms with Gasteiger partial charge >= 0.3 is 12.3 Å². The highest BCUT2D eigenvalue weighted by Crippen LogP contribution is 2.42. The first kappa shape index (κ1) is 42.3. The van der Waals surface area contributed by atoms with Crippen LogP contribution in [0.5, 0.6) is 28.7 Å². The zero-order valence-corrected chi connectivity index (χ0v) is 30.6. The summed E-state index contributed by atoms with van der Waals surface area (Å²) in [4.78, 5) is 73.9. The minimum absolute atomic E-state index is 0. The van der Waals surface area contributed by atoms with Gasteiger partial charge in [-0.2, -0.15) is 0 Å². The topological polar surface area (TPSA) is 250 Å². The van der Waals surface area contributed by atoms with Crippen molar-refractivity contribution in [3.05, 3.63) is 136 Å². The Hall–Kier alpha value is -7.88. The van der Waals surface area contributed by atoms with Gasteiger partial charge in [0.2, 0.25) is 0 Å². The van der Waals surface area contributed by atoms with E-state index in [4.69, 9.17) is 35.2 Å². The number of carbonyl (C=O) groups excluding carboxylic acids is 6. The number of para-hydroxylation sites is 1. The van der Waals surface area contributed by atoms with E-state index in [0.29, 0.717) is 5.75 Å². The van der Waals surface area contributed by atoms with E-state index in [-0.39, 0.29) is 108 Å². The van der Waals surface area contributed by atoms with Crippen LogP contribution in [0.2, 0.25) is 0 Å². The average molecular weight is 807 g/mol. The summed E-state index contributed by atoms with van der Waals surface area (Å²) in [6.07, 6.45) is -1.74. The smallest absolute Gasteiger partial charge is 0.507 e. The molecule has 16 nitrogen and oxygen atoms in total. The molecule has 7 rings (SSSR count). The van der Waals surface area contributed by atoms with Crippen LogP contribution < -0.4 is 25.7 Å². The van der Waals surface area contributed by atoms with Gasteiger partial charge in [0.15, 0.2) is 23.1 Å². The molecule has 304 valence electrons. The van der Waals surface area contributed by atoms with Crippen LogP contribution in [0.3, 0.4) is 0 Å². The molecule has 5 aromatic rings. The van der Waals surface area contributed by atoms with Gasteiger partial charge in [-0.25, -0.2) is 9.59 Å². The third kappa shape index (κ3) is 8.76. The predicted molar refractivity (Wildman–Crippen MR) is 211 cm³/mol. The Labute approximate surface area is 336 Å². The Kier molecular flexibility index (Phi) is 13.2. The van der Waals surface area contributed by atoms with Gasteiger partial charge < -0.3 is 50.1 Å². The number of fused-ring (bicyclic) bond motifs is 4. The normalized spacial score (nSPS) is 11.9. The molecule has 0 amide bonds. The van der Waals surface area contributed by atoms with Gasteiger partial charge in [-0.3, -0.25) is 19.2 Å². The van der Waals surface area contributed by atoms with Crippen molar-refractivity contribution in [3.63, 3.8) is 0 Å². The summed E-state index contributed by atoms with van der Waals surface area (Å²) in [6, 6.07) is 23.4. The minimum Gasteiger partial charge on any atom is -0.507 e. The maximum Gasteiger partial charge on any atom is 0.513 e. The van der Waals surface area contributed by atoms with Crippen molar-refractivity contribution in [2.45, 2.75) is 14.4 Å². The monoisotopic (exact) mass is 806 g/mol. The number of phenolic OH excluding ortho intramolecular Hbond substituents is 2. The molecule has 2 aliphatic rings. The molecule has 0 radical (unpaired) electrons. The molecular formula is C43H38N2O14. The maximum absolute atomic E-state index is 12.9. The lowest BCUT2D eigenvalue weighted by Crippen LogP contribution is -2.23. The van der Waals surface area contributed by atoms with Crippen LogP contribution >= 0.6 is 0 Å². The van der Waals surface area contributed by atoms with E-state index in [1.54, 1.807) is 61.5 Å². The number of hydrogen-bond acceptors (Lipinski definition) is 16. The van der Waals surface area contributed by atoms with Crippen LogP contribution in [-0.2, 0) is 14.2 Å². The average Bonchev–Trinajstić information content (AvgIpc) is 3.22. The Balaban J connectivity index is 0.000000223. The Bertz CT molecular complexity index is 2460. The number of anilines is 2. The highest BCUT2D eigenvalue weighted by molar-refractivity contribution is 6.32. The molecule has 2 aliphatic carbocycles. The number of benzene rings is 5. The fourth-order valence-corrected chi connectivity index (χ4v) is 6.11. The number of hydrogen-bond donors (Lipinski definition) is 4. The predicted octanol–water partition coefficient (Wildman–Crippen LogP) is 6.28. The third-order valence-corrected chi connectivity index (χ3v) is 8.69. The second kappa shape index (κ2) is 18.4. The molecule has 0 heterocycles. The van der Waals surface area contributed by atoms with E-state index in [9.17, 15) is 39.0 Å². The number of ketones is 4. The van der Waals surface area contributed by atoms with Crippen LogP contribution in [0.4, 0.5) is 21.0 Å². The summed E-state index contributed by atoms with van der Waals surface area (Å²) in [5.41, 5.74) is 12.3. The minimum atomic E-state index is -0.909. The van der Waals surface area contributed by atoms with E-state index in [0.717, 1.165) is 12.1 Å². The van der Waals surface area contributed by atoms with E-state index in [1.807, 2.05) is 0 Å². The molecule has 16 heteroatoms. The summed E-state index contributed by atoms with van der Waals surface area (Å²) in [6.45, 7) is 1.34. The number of carbonyl (C=O) groups is 6. The first-order valence-electron chi connectivity index (χ1n) is 17.5. The molecule has 0 spiro atoms. The van der Waals surface area contributed by atoms with Crippen molar-refractivity contribution in [1.82, 2.24) is 0 Å². The zero-order valence-electron chi connectivity index (χ0n) is 30.6. The fourth-order valence-electron chi connectivity index (χ4n) is 6.11. The molecule has 6 N–H and O–H groups in total. The van der Waals surface area contributed by atoms with Crippen molar-refractivity contribution in [3.8, 4) is 28.7 Å². The first-order valence-corrected chi connectivity index (χ1v) is 17.5. The van der Waals surface area contributed by atoms with E-state index < -0.39 is 46.9 Å². The van der Waals surface area contributed by atoms with Crippen molar-refractivity contribution in [1.29, 1.82) is 0 Å². The van der Waals surface area contributed by atoms with Crippen LogP contribution in [0.25, 0.3) is 0 Å². The molecular weight excluding hydrogens is 768 g/mol. The summed E-state index contributed by atoms with van der Waals surface area (Å²) in [5.74, 6) is -2.41. The Morgan fingerprint density at radius 1 is 0.525 bits per heavy atom. The van der Waals surface area contributed by atoms with Crippen molar-refractivity contribution in [2.24, 2.45) is 0 Å². The molecule has 0 fully saturated rings. The van der Waals surface area contributed by atoms with Gasteiger partial charge in [0.25, 0.3) is 0 Å². The van der Waals surface area contributed by atoms with Crippen molar-refractivity contribution < 1.29 is 67.4 Å². The highest BCUT2D eigenvalue weighted by Gasteiger charge is 2.36. The maximum atomic E-state index is 12.9. The lowest BCUT2D eigenvalue weighted by molar-refractivity contribution is 0.0495. The number of nitrogens with two attached hydrogens (primary N) is 2. The SMILES string of the molecule is C.CCOC(=O)OCCOc1cc(O)c2c(c1N)C(=O)c1ccccc1C2=O.Nc1c(OCCOC(=O)Oc2ccccc2)cc(O)c2c1C(=O)c1ccccc1C2=O. The standard InChI is InChI=1S/C23H17NO7.C19H17NO7.CH4/c24-20-17(29-10-11-30-23(28)31-13-6-2-1-3-7-13)12-16(25)18-19(20)22(27)15-9-5-4-8-14(15)21(18)26;1-2-25-19(24)27-8-7-26-13-9-12(21)14-15(16(13)20)18(23)11-6-4-3-5-10(11)17(14)22;/h1-9,12,25H,10-11,24H2;3-6,9,21H,2,7-8,20H2,1H3;1H4. The first-order chi connectivity index (χ1) is 27.9. The van der Waals surface area contributed by atoms with Gasteiger partial charge in [0, 0.05) is 34.4 Å². The van der Waals surface area contributed by atoms with Crippen LogP contribution in [0, 0.1) is 0 Å². The summed E-state index contributed by atoms with van der Waals surface area (Å²) in [5, 5.41) is 20.6. The number of aromatic hydroxyl groups is 2. The lowest BCUT2D eigenvalue weighted by atomic mass is 9.82. The zero-order chi connectivity index (χ0) is 41.5. The Morgan fingerprint density at radius 2 is 0.898 bits per heavy atom. The number of phenols is 2. The van der Waals surface area contributed by atoms with E-state index in [1.165, 1.54) is 24.3 Å². The fraction of sp³-hybridized carbons (Fsp3) is 0.163. The third-order valence-electron chi connectivity index (χ3n) is 8.69. The Morgan fingerprint density at radius 3 is 1.31 bits per heavy atom. The second-order valence-electron chi connectivity index (χ2n) is 12.3. The largest absolute Gasteiger partial charge is 0.513 e. The molecule has 0 atom stereocenters. The van der Waals surface area contributed by atoms with Crippen molar-refractivity contribution >= 4 is 46.8 Å². The van der Waals surface area contributed by atoms with Crippen LogP contribution in [0.1, 0.15) is 78.0 Å². The van der Waals surface area contributed by atoms with Gasteiger partial charge in [-0.05, 0) is 19.1 Å². The molecule has 5 aromatic carbocycles. The number of ether oxygens (including phenoxy) is 6. The van der Waals surface area contributed by atoms with Gasteiger partial charge in [-0.15, -0.1) is 0 Å². The second-order valence-corrected chi connectivity index (χ2v) is 12.3. The van der Waals surface area contributed by atoms with E-state index in [2.05, 4.69) is 4.74 Å². The lowest BCUT2D eigenvalue weighted by Gasteiger charge is -2.21. The highest BCUT2D eigenvalue weighted by atomic mass is 16.7. The molecule has 0 aliphatic heterocycles. The molecule has 0 saturated carbocycles. The van der Waals surface area contributed by atoms with Gasteiger partial charge in [0.05, 0.1) is 40.2 Å². The number of rotatable bonds is 10. The quantitative estimate of drug-likeness (QED) is 0.0390. The summed E-state index contributed by atoms with van der Waals surface area (Å²) in [7, 11) is 0. The summed E-state index contributed by atoms with van der Waals surface area (Å²) < 4.78 is 30.1. The summed E-state index contributed by atoms with van der Waals surface area (Å²) >= 11 is 0. The molecule has 0 unspecified atom stereocenters. The molecule has 0 saturated heterocycles. The van der Waals surface area contributed by atoms with Crippen LogP contribution in [0.15, 0.2) is 91.0 Å². The van der Waals surface area contributed by atoms with E-state index >= 15 is 0 Å². The van der Waals surface area contributed by atoms with Gasteiger partial charge in [-0.1, -0.05) is 74.2 Å². The molecule has 59 heavy (non-hydrogen) atoms. The van der Waals surface area contributed by atoms with Crippen LogP contribution in [-0.4, -0.2) is 78.7 Å². The molecule has 0 aromatic heterocycles.